The maximum absolute atomic E-state index is 12.6. The Morgan fingerprint density at radius 3 is 2.46 bits per heavy atom. The van der Waals surface area contributed by atoms with Crippen LogP contribution in [0.5, 0.6) is 0 Å². The highest BCUT2D eigenvalue weighted by molar-refractivity contribution is 7.89. The third-order valence-electron chi connectivity index (χ3n) is 3.92. The number of hydrogen-bond donors (Lipinski definition) is 1. The lowest BCUT2D eigenvalue weighted by atomic mass is 10.1. The normalized spacial score (nSPS) is 16.2. The fraction of sp³-hybridized carbons (Fsp3) is 0.375. The summed E-state index contributed by atoms with van der Waals surface area (Å²) < 4.78 is 31.9. The minimum Gasteiger partial charge on any atom is -0.379 e. The molecule has 1 saturated heterocycles. The van der Waals surface area contributed by atoms with Gasteiger partial charge in [-0.3, -0.25) is 0 Å². The predicted octanol–water partition coefficient (Wildman–Crippen LogP) is 1.31. The van der Waals surface area contributed by atoms with E-state index >= 15 is 0 Å². The van der Waals surface area contributed by atoms with E-state index in [1.54, 1.807) is 24.3 Å². The molecule has 3 rings (SSSR count). The number of nitrogen functional groups attached to an aromatic ring is 1. The first-order valence-corrected chi connectivity index (χ1v) is 9.26. The number of rotatable bonds is 4. The second-order valence-electron chi connectivity index (χ2n) is 5.50. The fourth-order valence-electron chi connectivity index (χ4n) is 2.58. The van der Waals surface area contributed by atoms with Crippen molar-refractivity contribution in [2.24, 2.45) is 0 Å². The van der Waals surface area contributed by atoms with Gasteiger partial charge in [0.15, 0.2) is 0 Å². The van der Waals surface area contributed by atoms with Gasteiger partial charge in [-0.15, -0.1) is 0 Å². The van der Waals surface area contributed by atoms with E-state index in [0.717, 1.165) is 17.7 Å². The Bertz CT molecular complexity index is 816. The molecule has 0 unspecified atom stereocenters. The molecule has 2 heterocycles. The van der Waals surface area contributed by atoms with Crippen LogP contribution in [0.15, 0.2) is 35.2 Å². The molecule has 2 aromatic rings. The van der Waals surface area contributed by atoms with Crippen molar-refractivity contribution in [3.05, 3.63) is 36.0 Å². The summed E-state index contributed by atoms with van der Waals surface area (Å²) in [4.78, 5) is 8.64. The van der Waals surface area contributed by atoms with Gasteiger partial charge in [-0.1, -0.05) is 19.1 Å². The highest BCUT2D eigenvalue weighted by Gasteiger charge is 2.26. The Morgan fingerprint density at radius 2 is 1.83 bits per heavy atom. The number of hydrogen-bond acceptors (Lipinski definition) is 6. The van der Waals surface area contributed by atoms with Crippen molar-refractivity contribution in [3.8, 4) is 11.3 Å². The van der Waals surface area contributed by atoms with Crippen molar-refractivity contribution in [3.63, 3.8) is 0 Å². The number of nitrogens with two attached hydrogens (primary N) is 1. The first-order chi connectivity index (χ1) is 11.5. The van der Waals surface area contributed by atoms with Crippen LogP contribution in [0.25, 0.3) is 11.3 Å². The first-order valence-electron chi connectivity index (χ1n) is 7.82. The Morgan fingerprint density at radius 1 is 1.17 bits per heavy atom. The topological polar surface area (TPSA) is 98.4 Å². The van der Waals surface area contributed by atoms with Gasteiger partial charge in [0.05, 0.1) is 23.8 Å². The van der Waals surface area contributed by atoms with Crippen LogP contribution in [0.2, 0.25) is 0 Å². The molecule has 1 aliphatic rings. The molecule has 0 saturated carbocycles. The van der Waals surface area contributed by atoms with Gasteiger partial charge >= 0.3 is 0 Å². The van der Waals surface area contributed by atoms with E-state index in [-0.39, 0.29) is 10.8 Å². The van der Waals surface area contributed by atoms with E-state index in [0.29, 0.717) is 32.0 Å². The van der Waals surface area contributed by atoms with Crippen LogP contribution in [0, 0.1) is 0 Å². The lowest BCUT2D eigenvalue weighted by Crippen LogP contribution is -2.40. The van der Waals surface area contributed by atoms with E-state index in [1.807, 2.05) is 13.0 Å². The number of aromatic nitrogens is 2. The number of morpholine rings is 1. The number of anilines is 1. The molecule has 0 spiro atoms. The Balaban J connectivity index is 1.89. The molecule has 0 bridgehead atoms. The van der Waals surface area contributed by atoms with E-state index < -0.39 is 10.0 Å². The summed E-state index contributed by atoms with van der Waals surface area (Å²) in [6, 6.07) is 8.55. The zero-order chi connectivity index (χ0) is 17.2. The third-order valence-corrected chi connectivity index (χ3v) is 5.83. The fourth-order valence-corrected chi connectivity index (χ4v) is 3.99. The first kappa shape index (κ1) is 16.8. The SMILES string of the molecule is CCc1cc(-c2ccc(S(=O)(=O)N3CCOCC3)cc2)nc(N)n1. The van der Waals surface area contributed by atoms with Crippen LogP contribution in [0.4, 0.5) is 5.95 Å². The number of ether oxygens (including phenoxy) is 1. The van der Waals surface area contributed by atoms with Crippen LogP contribution in [0.1, 0.15) is 12.6 Å². The molecule has 1 aromatic carbocycles. The van der Waals surface area contributed by atoms with Crippen LogP contribution in [-0.2, 0) is 21.2 Å². The molecule has 2 N–H and O–H groups in total. The summed E-state index contributed by atoms with van der Waals surface area (Å²) in [6.45, 7) is 3.61. The van der Waals surface area contributed by atoms with Crippen molar-refractivity contribution >= 4 is 16.0 Å². The molecule has 24 heavy (non-hydrogen) atoms. The molecule has 128 valence electrons. The van der Waals surface area contributed by atoms with Crippen LogP contribution < -0.4 is 5.73 Å². The smallest absolute Gasteiger partial charge is 0.243 e. The highest BCUT2D eigenvalue weighted by Crippen LogP contribution is 2.23. The van der Waals surface area contributed by atoms with Gasteiger partial charge in [-0.25, -0.2) is 18.4 Å². The molecular formula is C16H20N4O3S. The highest BCUT2D eigenvalue weighted by atomic mass is 32.2. The van der Waals surface area contributed by atoms with Crippen molar-refractivity contribution in [2.75, 3.05) is 32.0 Å². The molecule has 0 radical (unpaired) electrons. The number of nitrogens with zero attached hydrogens (tertiary/aromatic N) is 3. The lowest BCUT2D eigenvalue weighted by Gasteiger charge is -2.26. The van der Waals surface area contributed by atoms with Gasteiger partial charge in [-0.2, -0.15) is 4.31 Å². The molecule has 0 aliphatic carbocycles. The van der Waals surface area contributed by atoms with Gasteiger partial charge in [0.1, 0.15) is 0 Å². The summed E-state index contributed by atoms with van der Waals surface area (Å²) in [5.41, 5.74) is 8.08. The Hall–Kier alpha value is -2.03. The maximum Gasteiger partial charge on any atom is 0.243 e. The van der Waals surface area contributed by atoms with E-state index in [1.165, 1.54) is 4.31 Å². The van der Waals surface area contributed by atoms with Gasteiger partial charge < -0.3 is 10.5 Å². The molecule has 0 amide bonds. The zero-order valence-corrected chi connectivity index (χ0v) is 14.3. The number of sulfonamides is 1. The summed E-state index contributed by atoms with van der Waals surface area (Å²) in [5.74, 6) is 0.217. The predicted molar refractivity (Wildman–Crippen MR) is 90.8 cm³/mol. The van der Waals surface area contributed by atoms with Crippen molar-refractivity contribution in [1.82, 2.24) is 14.3 Å². The van der Waals surface area contributed by atoms with Crippen molar-refractivity contribution in [1.29, 1.82) is 0 Å². The van der Waals surface area contributed by atoms with E-state index in [9.17, 15) is 8.42 Å². The van der Waals surface area contributed by atoms with Crippen molar-refractivity contribution < 1.29 is 13.2 Å². The molecular weight excluding hydrogens is 328 g/mol. The largest absolute Gasteiger partial charge is 0.379 e. The molecule has 1 fully saturated rings. The minimum absolute atomic E-state index is 0.217. The van der Waals surface area contributed by atoms with Gasteiger partial charge in [-0.05, 0) is 24.6 Å². The molecule has 1 aliphatic heterocycles. The Kier molecular flexibility index (Phi) is 4.79. The van der Waals surface area contributed by atoms with E-state index in [4.69, 9.17) is 10.5 Å². The van der Waals surface area contributed by atoms with Gasteiger partial charge in [0.25, 0.3) is 0 Å². The second-order valence-corrected chi connectivity index (χ2v) is 7.44. The average molecular weight is 348 g/mol. The lowest BCUT2D eigenvalue weighted by molar-refractivity contribution is 0.0730. The number of benzene rings is 1. The van der Waals surface area contributed by atoms with Crippen LogP contribution >= 0.6 is 0 Å². The molecule has 1 aromatic heterocycles. The average Bonchev–Trinajstić information content (AvgIpc) is 2.62. The van der Waals surface area contributed by atoms with Crippen LogP contribution in [0.3, 0.4) is 0 Å². The van der Waals surface area contributed by atoms with Gasteiger partial charge in [0.2, 0.25) is 16.0 Å². The monoisotopic (exact) mass is 348 g/mol. The standard InChI is InChI=1S/C16H20N4O3S/c1-2-13-11-15(19-16(17)18-13)12-3-5-14(6-4-12)24(21,22)20-7-9-23-10-8-20/h3-6,11H,2,7-10H2,1H3,(H2,17,18,19). The zero-order valence-electron chi connectivity index (χ0n) is 13.5. The van der Waals surface area contributed by atoms with E-state index in [2.05, 4.69) is 9.97 Å². The summed E-state index contributed by atoms with van der Waals surface area (Å²) in [6.07, 6.45) is 0.753. The summed E-state index contributed by atoms with van der Waals surface area (Å²) >= 11 is 0. The van der Waals surface area contributed by atoms with Gasteiger partial charge in [0, 0.05) is 24.3 Å². The maximum atomic E-state index is 12.6. The molecule has 7 nitrogen and oxygen atoms in total. The summed E-state index contributed by atoms with van der Waals surface area (Å²) in [5, 5.41) is 0. The molecule has 8 heteroatoms. The third kappa shape index (κ3) is 3.40. The second kappa shape index (κ2) is 6.84. The Labute approximate surface area is 141 Å². The molecule has 0 atom stereocenters. The number of aryl methyl sites for hydroxylation is 1. The summed E-state index contributed by atoms with van der Waals surface area (Å²) in [7, 11) is -3.49. The van der Waals surface area contributed by atoms with Crippen LogP contribution in [-0.4, -0.2) is 49.0 Å². The van der Waals surface area contributed by atoms with Crippen molar-refractivity contribution in [2.45, 2.75) is 18.2 Å². The minimum atomic E-state index is -3.49. The quantitative estimate of drug-likeness (QED) is 0.894.